The predicted octanol–water partition coefficient (Wildman–Crippen LogP) is 2.15. The molecule has 2 rings (SSSR count). The van der Waals surface area contributed by atoms with E-state index in [0.29, 0.717) is 0 Å². The van der Waals surface area contributed by atoms with Crippen molar-refractivity contribution < 1.29 is 9.31 Å². The van der Waals surface area contributed by atoms with E-state index in [1.54, 1.807) is 0 Å². The fraction of sp³-hybridized carbons (Fsp3) is 0.538. The molecule has 1 unspecified atom stereocenters. The first-order valence-corrected chi connectivity index (χ1v) is 5.83. The van der Waals surface area contributed by atoms with E-state index in [4.69, 9.17) is 9.31 Å². The zero-order valence-electron chi connectivity index (χ0n) is 10.5. The molecule has 1 saturated heterocycles. The van der Waals surface area contributed by atoms with E-state index in [9.17, 15) is 0 Å². The highest BCUT2D eigenvalue weighted by atomic mass is 16.6. The molecule has 1 aromatic rings. The Hall–Kier alpha value is -0.795. The Labute approximate surface area is 98.1 Å². The zero-order chi connectivity index (χ0) is 11.8. The van der Waals surface area contributed by atoms with Crippen molar-refractivity contribution in [3.8, 4) is 0 Å². The second-order valence-corrected chi connectivity index (χ2v) is 5.32. The van der Waals surface area contributed by atoms with Crippen molar-refractivity contribution in [3.05, 3.63) is 29.8 Å². The summed E-state index contributed by atoms with van der Waals surface area (Å²) in [6.07, 6.45) is 0.215. The molecule has 1 heterocycles. The van der Waals surface area contributed by atoms with Gasteiger partial charge >= 0.3 is 7.12 Å². The highest BCUT2D eigenvalue weighted by molar-refractivity contribution is 6.61. The Balaban J connectivity index is 2.10. The Morgan fingerprint density at radius 3 is 2.44 bits per heavy atom. The summed E-state index contributed by atoms with van der Waals surface area (Å²) in [6, 6.07) is 8.33. The molecule has 3 heteroatoms. The summed E-state index contributed by atoms with van der Waals surface area (Å²) in [7, 11) is -0.205. The van der Waals surface area contributed by atoms with Gasteiger partial charge in [0.1, 0.15) is 0 Å². The Morgan fingerprint density at radius 2 is 1.88 bits per heavy atom. The lowest BCUT2D eigenvalue weighted by Gasteiger charge is -2.39. The SMILES string of the molecule is Cc1ccc(B2OCC(C)(C)C(C)O2)cc1. The molecule has 2 nitrogen and oxygen atoms in total. The smallest absolute Gasteiger partial charge is 0.407 e. The van der Waals surface area contributed by atoms with Crippen LogP contribution in [0.3, 0.4) is 0 Å². The molecule has 1 aliphatic rings. The second-order valence-electron chi connectivity index (χ2n) is 5.32. The molecule has 0 amide bonds. The van der Waals surface area contributed by atoms with Crippen LogP contribution < -0.4 is 5.46 Å². The van der Waals surface area contributed by atoms with Gasteiger partial charge in [0, 0.05) is 18.1 Å². The molecule has 0 spiro atoms. The number of benzene rings is 1. The van der Waals surface area contributed by atoms with Crippen LogP contribution in [0.25, 0.3) is 0 Å². The van der Waals surface area contributed by atoms with Crippen LogP contribution in [0.5, 0.6) is 0 Å². The predicted molar refractivity (Wildman–Crippen MR) is 66.8 cm³/mol. The average molecular weight is 218 g/mol. The molecule has 0 bridgehead atoms. The van der Waals surface area contributed by atoms with Gasteiger partial charge in [0.05, 0.1) is 0 Å². The molecule has 0 aromatic heterocycles. The molecule has 1 aliphatic heterocycles. The van der Waals surface area contributed by atoms with E-state index in [1.807, 2.05) is 0 Å². The summed E-state index contributed by atoms with van der Waals surface area (Å²) in [4.78, 5) is 0. The Morgan fingerprint density at radius 1 is 1.25 bits per heavy atom. The normalized spacial score (nSPS) is 24.5. The van der Waals surface area contributed by atoms with Crippen molar-refractivity contribution in [2.45, 2.75) is 33.8 Å². The van der Waals surface area contributed by atoms with Gasteiger partial charge in [0.25, 0.3) is 0 Å². The Kier molecular flexibility index (Phi) is 3.09. The summed E-state index contributed by atoms with van der Waals surface area (Å²) in [5.74, 6) is 0. The Bertz CT molecular complexity index is 359. The van der Waals surface area contributed by atoms with Crippen LogP contribution in [0.1, 0.15) is 26.3 Å². The van der Waals surface area contributed by atoms with Crippen molar-refractivity contribution in [1.82, 2.24) is 0 Å². The molecule has 0 N–H and O–H groups in total. The number of hydrogen-bond acceptors (Lipinski definition) is 2. The van der Waals surface area contributed by atoms with E-state index >= 15 is 0 Å². The maximum absolute atomic E-state index is 5.91. The first-order valence-electron chi connectivity index (χ1n) is 5.83. The fourth-order valence-corrected chi connectivity index (χ4v) is 1.72. The fourth-order valence-electron chi connectivity index (χ4n) is 1.72. The van der Waals surface area contributed by atoms with Crippen molar-refractivity contribution in [2.75, 3.05) is 6.61 Å². The van der Waals surface area contributed by atoms with Crippen molar-refractivity contribution in [3.63, 3.8) is 0 Å². The van der Waals surface area contributed by atoms with Crippen LogP contribution in [0.4, 0.5) is 0 Å². The first kappa shape index (κ1) is 11.7. The number of rotatable bonds is 1. The lowest BCUT2D eigenvalue weighted by molar-refractivity contribution is -0.0229. The van der Waals surface area contributed by atoms with Gasteiger partial charge in [0.15, 0.2) is 0 Å². The van der Waals surface area contributed by atoms with Crippen molar-refractivity contribution in [1.29, 1.82) is 0 Å². The van der Waals surface area contributed by atoms with E-state index in [-0.39, 0.29) is 18.6 Å². The molecule has 0 saturated carbocycles. The summed E-state index contributed by atoms with van der Waals surface area (Å²) in [5, 5.41) is 0. The minimum atomic E-state index is -0.205. The van der Waals surface area contributed by atoms with E-state index < -0.39 is 0 Å². The van der Waals surface area contributed by atoms with Gasteiger partial charge in [-0.2, -0.15) is 0 Å². The van der Waals surface area contributed by atoms with E-state index in [1.165, 1.54) is 5.56 Å². The molecule has 0 aliphatic carbocycles. The van der Waals surface area contributed by atoms with E-state index in [0.717, 1.165) is 12.1 Å². The number of hydrogen-bond donors (Lipinski definition) is 0. The van der Waals surface area contributed by atoms with Crippen molar-refractivity contribution in [2.24, 2.45) is 5.41 Å². The second kappa shape index (κ2) is 4.23. The van der Waals surface area contributed by atoms with Crippen LogP contribution in [-0.4, -0.2) is 19.8 Å². The highest BCUT2D eigenvalue weighted by Gasteiger charge is 2.38. The van der Waals surface area contributed by atoms with Crippen LogP contribution in [-0.2, 0) is 9.31 Å². The average Bonchev–Trinajstić information content (AvgIpc) is 2.24. The third-order valence-electron chi connectivity index (χ3n) is 3.38. The lowest BCUT2D eigenvalue weighted by atomic mass is 9.74. The molecule has 16 heavy (non-hydrogen) atoms. The molecule has 1 atom stereocenters. The van der Waals surface area contributed by atoms with E-state index in [2.05, 4.69) is 52.0 Å². The monoisotopic (exact) mass is 218 g/mol. The molecular weight excluding hydrogens is 199 g/mol. The van der Waals surface area contributed by atoms with Gasteiger partial charge in [-0.3, -0.25) is 0 Å². The van der Waals surface area contributed by atoms with Gasteiger partial charge in [-0.1, -0.05) is 43.7 Å². The molecule has 1 fully saturated rings. The van der Waals surface area contributed by atoms with Gasteiger partial charge in [-0.15, -0.1) is 0 Å². The first-order chi connectivity index (χ1) is 7.49. The standard InChI is InChI=1S/C13H19BO2/c1-10-5-7-12(8-6-10)14-15-9-13(3,4)11(2)16-14/h5-8,11H,9H2,1-4H3. The van der Waals surface area contributed by atoms with Gasteiger partial charge in [-0.05, 0) is 19.3 Å². The van der Waals surface area contributed by atoms with Gasteiger partial charge < -0.3 is 9.31 Å². The summed E-state index contributed by atoms with van der Waals surface area (Å²) >= 11 is 0. The maximum atomic E-state index is 5.91. The molecule has 0 radical (unpaired) electrons. The number of aryl methyl sites for hydroxylation is 1. The molecular formula is C13H19BO2. The molecule has 1 aromatic carbocycles. The minimum absolute atomic E-state index is 0.0984. The third kappa shape index (κ3) is 2.31. The van der Waals surface area contributed by atoms with Crippen LogP contribution >= 0.6 is 0 Å². The summed E-state index contributed by atoms with van der Waals surface area (Å²) < 4.78 is 11.7. The highest BCUT2D eigenvalue weighted by Crippen LogP contribution is 2.28. The third-order valence-corrected chi connectivity index (χ3v) is 3.38. The largest absolute Gasteiger partial charge is 0.494 e. The van der Waals surface area contributed by atoms with Crippen LogP contribution in [0, 0.1) is 12.3 Å². The summed E-state index contributed by atoms with van der Waals surface area (Å²) in [6.45, 7) is 9.28. The summed E-state index contributed by atoms with van der Waals surface area (Å²) in [5.41, 5.74) is 2.46. The maximum Gasteiger partial charge on any atom is 0.494 e. The zero-order valence-corrected chi connectivity index (χ0v) is 10.5. The van der Waals surface area contributed by atoms with Gasteiger partial charge in [0.2, 0.25) is 0 Å². The quantitative estimate of drug-likeness (QED) is 0.672. The lowest BCUT2D eigenvalue weighted by Crippen LogP contribution is -2.51. The topological polar surface area (TPSA) is 18.5 Å². The minimum Gasteiger partial charge on any atom is -0.407 e. The van der Waals surface area contributed by atoms with Gasteiger partial charge in [-0.25, -0.2) is 0 Å². The van der Waals surface area contributed by atoms with Crippen molar-refractivity contribution >= 4 is 12.6 Å². The van der Waals surface area contributed by atoms with Crippen LogP contribution in [0.2, 0.25) is 0 Å². The molecule has 86 valence electrons. The van der Waals surface area contributed by atoms with Crippen LogP contribution in [0.15, 0.2) is 24.3 Å².